The van der Waals surface area contributed by atoms with E-state index in [2.05, 4.69) is 15.4 Å². The smallest absolute Gasteiger partial charge is 0.237 e. The molecule has 1 aromatic heterocycles. The van der Waals surface area contributed by atoms with Crippen LogP contribution in [0.2, 0.25) is 5.02 Å². The van der Waals surface area contributed by atoms with E-state index in [1.54, 1.807) is 36.9 Å². The summed E-state index contributed by atoms with van der Waals surface area (Å²) in [5.74, 6) is -0.174. The molecule has 1 unspecified atom stereocenters. The SMILES string of the molecule is CC(Sc1ncnn1C)C(=O)Nc1cc(Cl)ccc1N. The summed E-state index contributed by atoms with van der Waals surface area (Å²) in [7, 11) is 1.77. The van der Waals surface area contributed by atoms with Crippen molar-refractivity contribution in [3.05, 3.63) is 29.5 Å². The molecule has 0 fully saturated rings. The first kappa shape index (κ1) is 14.7. The maximum atomic E-state index is 12.1. The molecule has 1 atom stereocenters. The van der Waals surface area contributed by atoms with Gasteiger partial charge in [-0.05, 0) is 25.1 Å². The highest BCUT2D eigenvalue weighted by Gasteiger charge is 2.18. The second-order valence-corrected chi connectivity index (χ2v) is 5.89. The van der Waals surface area contributed by atoms with Crippen LogP contribution in [0.3, 0.4) is 0 Å². The predicted molar refractivity (Wildman–Crippen MR) is 80.8 cm³/mol. The first-order valence-corrected chi connectivity index (χ1v) is 7.09. The Balaban J connectivity index is 2.04. The van der Waals surface area contributed by atoms with Gasteiger partial charge in [0.1, 0.15) is 6.33 Å². The van der Waals surface area contributed by atoms with E-state index in [1.807, 2.05) is 0 Å². The molecule has 1 heterocycles. The van der Waals surface area contributed by atoms with Gasteiger partial charge in [0.2, 0.25) is 5.91 Å². The average Bonchev–Trinajstić information content (AvgIpc) is 2.79. The van der Waals surface area contributed by atoms with Crippen LogP contribution < -0.4 is 11.1 Å². The van der Waals surface area contributed by atoms with Gasteiger partial charge in [-0.2, -0.15) is 5.10 Å². The van der Waals surface area contributed by atoms with Crippen molar-refractivity contribution in [1.82, 2.24) is 14.8 Å². The molecule has 0 aliphatic rings. The molecule has 0 saturated carbocycles. The fraction of sp³-hybridized carbons (Fsp3) is 0.250. The summed E-state index contributed by atoms with van der Waals surface area (Å²) in [6, 6.07) is 4.94. The van der Waals surface area contributed by atoms with Crippen molar-refractivity contribution in [2.24, 2.45) is 7.05 Å². The lowest BCUT2D eigenvalue weighted by atomic mass is 10.2. The molecule has 1 amide bonds. The zero-order valence-corrected chi connectivity index (χ0v) is 12.6. The summed E-state index contributed by atoms with van der Waals surface area (Å²) in [4.78, 5) is 16.2. The lowest BCUT2D eigenvalue weighted by Gasteiger charge is -2.13. The number of thioether (sulfide) groups is 1. The number of amides is 1. The fourth-order valence-electron chi connectivity index (χ4n) is 1.48. The molecule has 8 heteroatoms. The van der Waals surface area contributed by atoms with E-state index in [1.165, 1.54) is 18.1 Å². The summed E-state index contributed by atoms with van der Waals surface area (Å²) in [6.07, 6.45) is 1.45. The lowest BCUT2D eigenvalue weighted by Crippen LogP contribution is -2.23. The predicted octanol–water partition coefficient (Wildman–Crippen LogP) is 2.17. The number of nitrogen functional groups attached to an aromatic ring is 1. The van der Waals surface area contributed by atoms with Crippen LogP contribution in [0.4, 0.5) is 11.4 Å². The number of rotatable bonds is 4. The number of benzene rings is 1. The highest BCUT2D eigenvalue weighted by molar-refractivity contribution is 8.00. The average molecular weight is 312 g/mol. The van der Waals surface area contributed by atoms with Gasteiger partial charge >= 0.3 is 0 Å². The second-order valence-electron chi connectivity index (χ2n) is 4.15. The maximum absolute atomic E-state index is 12.1. The molecule has 20 heavy (non-hydrogen) atoms. The second kappa shape index (κ2) is 6.15. The Bertz CT molecular complexity index is 630. The van der Waals surface area contributed by atoms with E-state index in [9.17, 15) is 4.79 Å². The van der Waals surface area contributed by atoms with Gasteiger partial charge in [-0.3, -0.25) is 4.79 Å². The third-order valence-corrected chi connectivity index (χ3v) is 3.98. The molecule has 2 aromatic rings. The summed E-state index contributed by atoms with van der Waals surface area (Å²) in [6.45, 7) is 1.79. The molecule has 0 saturated heterocycles. The molecule has 106 valence electrons. The van der Waals surface area contributed by atoms with Gasteiger partial charge in [-0.15, -0.1) is 0 Å². The number of halogens is 1. The largest absolute Gasteiger partial charge is 0.397 e. The van der Waals surface area contributed by atoms with E-state index >= 15 is 0 Å². The molecule has 0 spiro atoms. The first-order chi connectivity index (χ1) is 9.47. The maximum Gasteiger partial charge on any atom is 0.237 e. The van der Waals surface area contributed by atoms with Crippen LogP contribution in [0.25, 0.3) is 0 Å². The summed E-state index contributed by atoms with van der Waals surface area (Å²) in [5, 5.41) is 7.56. The molecule has 3 N–H and O–H groups in total. The number of anilines is 2. The Morgan fingerprint density at radius 1 is 1.55 bits per heavy atom. The molecule has 1 aromatic carbocycles. The fourth-order valence-corrected chi connectivity index (χ4v) is 2.44. The van der Waals surface area contributed by atoms with Crippen molar-refractivity contribution >= 4 is 40.6 Å². The standard InChI is InChI=1S/C12H14ClN5OS/c1-7(20-12-15-6-16-18(12)2)11(19)17-10-5-8(13)3-4-9(10)14/h3-7H,14H2,1-2H3,(H,17,19). The van der Waals surface area contributed by atoms with Crippen molar-refractivity contribution in [3.8, 4) is 0 Å². The van der Waals surface area contributed by atoms with Gasteiger partial charge in [0.15, 0.2) is 5.16 Å². The van der Waals surface area contributed by atoms with Crippen molar-refractivity contribution in [2.45, 2.75) is 17.3 Å². The Kier molecular flexibility index (Phi) is 4.51. The van der Waals surface area contributed by atoms with Crippen LogP contribution in [0.15, 0.2) is 29.7 Å². The van der Waals surface area contributed by atoms with Crippen LogP contribution in [0.5, 0.6) is 0 Å². The lowest BCUT2D eigenvalue weighted by molar-refractivity contribution is -0.115. The summed E-state index contributed by atoms with van der Waals surface area (Å²) in [5.41, 5.74) is 6.77. The molecule has 0 radical (unpaired) electrons. The molecular weight excluding hydrogens is 298 g/mol. The number of carbonyl (C=O) groups excluding carboxylic acids is 1. The van der Waals surface area contributed by atoms with Gasteiger partial charge in [0.25, 0.3) is 0 Å². The number of hydrogen-bond donors (Lipinski definition) is 2. The number of nitrogens with zero attached hydrogens (tertiary/aromatic N) is 3. The Hall–Kier alpha value is -1.73. The minimum absolute atomic E-state index is 0.174. The van der Waals surface area contributed by atoms with Crippen LogP contribution in [0.1, 0.15) is 6.92 Å². The van der Waals surface area contributed by atoms with Crippen molar-refractivity contribution in [2.75, 3.05) is 11.1 Å². The molecule has 0 bridgehead atoms. The zero-order valence-electron chi connectivity index (χ0n) is 11.0. The summed E-state index contributed by atoms with van der Waals surface area (Å²) >= 11 is 7.20. The third-order valence-electron chi connectivity index (χ3n) is 2.59. The van der Waals surface area contributed by atoms with E-state index in [-0.39, 0.29) is 11.2 Å². The van der Waals surface area contributed by atoms with Crippen LogP contribution >= 0.6 is 23.4 Å². The molecule has 0 aliphatic heterocycles. The number of aryl methyl sites for hydroxylation is 1. The van der Waals surface area contributed by atoms with E-state index in [4.69, 9.17) is 17.3 Å². The van der Waals surface area contributed by atoms with Gasteiger partial charge < -0.3 is 11.1 Å². The van der Waals surface area contributed by atoms with Gasteiger partial charge in [0.05, 0.1) is 16.6 Å². The minimum atomic E-state index is -0.337. The number of nitrogens with two attached hydrogens (primary N) is 1. The van der Waals surface area contributed by atoms with E-state index < -0.39 is 0 Å². The normalized spacial score (nSPS) is 12.2. The van der Waals surface area contributed by atoms with Gasteiger partial charge in [-0.1, -0.05) is 23.4 Å². The number of carbonyl (C=O) groups is 1. The van der Waals surface area contributed by atoms with Crippen molar-refractivity contribution < 1.29 is 4.79 Å². The monoisotopic (exact) mass is 311 g/mol. The highest BCUT2D eigenvalue weighted by atomic mass is 35.5. The van der Waals surface area contributed by atoms with Crippen LogP contribution in [-0.4, -0.2) is 25.9 Å². The molecule has 6 nitrogen and oxygen atoms in total. The first-order valence-electron chi connectivity index (χ1n) is 5.84. The van der Waals surface area contributed by atoms with Gasteiger partial charge in [-0.25, -0.2) is 9.67 Å². The van der Waals surface area contributed by atoms with E-state index in [0.717, 1.165) is 0 Å². The Morgan fingerprint density at radius 3 is 2.95 bits per heavy atom. The molecule has 2 rings (SSSR count). The third kappa shape index (κ3) is 3.43. The topological polar surface area (TPSA) is 85.8 Å². The zero-order chi connectivity index (χ0) is 14.7. The van der Waals surface area contributed by atoms with Crippen molar-refractivity contribution in [1.29, 1.82) is 0 Å². The number of aromatic nitrogens is 3. The Morgan fingerprint density at radius 2 is 2.30 bits per heavy atom. The quantitative estimate of drug-likeness (QED) is 0.667. The van der Waals surface area contributed by atoms with Crippen molar-refractivity contribution in [3.63, 3.8) is 0 Å². The van der Waals surface area contributed by atoms with Crippen LogP contribution in [0, 0.1) is 0 Å². The minimum Gasteiger partial charge on any atom is -0.397 e. The number of hydrogen-bond acceptors (Lipinski definition) is 5. The van der Waals surface area contributed by atoms with E-state index in [0.29, 0.717) is 21.6 Å². The molecular formula is C12H14ClN5OS. The molecule has 0 aliphatic carbocycles. The number of nitrogens with one attached hydrogen (secondary N) is 1. The van der Waals surface area contributed by atoms with Gasteiger partial charge in [0, 0.05) is 12.1 Å². The summed E-state index contributed by atoms with van der Waals surface area (Å²) < 4.78 is 1.61. The Labute approximate surface area is 125 Å². The van der Waals surface area contributed by atoms with Crippen LogP contribution in [-0.2, 0) is 11.8 Å². The highest BCUT2D eigenvalue weighted by Crippen LogP contribution is 2.25.